The molecular formula is C16H25ClN2OS. The molecule has 0 spiro atoms. The second kappa shape index (κ2) is 8.66. The number of halogens is 1. The number of rotatable bonds is 5. The highest BCUT2D eigenvalue weighted by Crippen LogP contribution is 2.31. The number of thioether (sulfide) groups is 1. The summed E-state index contributed by atoms with van der Waals surface area (Å²) in [5.74, 6) is 1.50. The fraction of sp³-hybridized carbons (Fsp3) is 0.562. The molecule has 3 nitrogen and oxygen atoms in total. The van der Waals surface area contributed by atoms with Gasteiger partial charge >= 0.3 is 0 Å². The van der Waals surface area contributed by atoms with E-state index in [9.17, 15) is 4.79 Å². The molecule has 5 heteroatoms. The van der Waals surface area contributed by atoms with Crippen LogP contribution in [0.2, 0.25) is 0 Å². The molecule has 2 rings (SSSR count). The molecule has 3 atom stereocenters. The topological polar surface area (TPSA) is 46.3 Å². The zero-order valence-corrected chi connectivity index (χ0v) is 14.3. The predicted molar refractivity (Wildman–Crippen MR) is 93.2 cm³/mol. The Balaban J connectivity index is 0.00000220. The van der Waals surface area contributed by atoms with Crippen LogP contribution in [0.25, 0.3) is 0 Å². The summed E-state index contributed by atoms with van der Waals surface area (Å²) in [6.45, 7) is 2.93. The van der Waals surface area contributed by atoms with E-state index in [0.29, 0.717) is 5.92 Å². The largest absolute Gasteiger partial charge is 0.338 e. The van der Waals surface area contributed by atoms with Gasteiger partial charge in [-0.05, 0) is 37.3 Å². The van der Waals surface area contributed by atoms with Crippen LogP contribution in [0.15, 0.2) is 30.3 Å². The molecule has 1 aromatic carbocycles. The van der Waals surface area contributed by atoms with Gasteiger partial charge in [0.1, 0.15) is 0 Å². The highest BCUT2D eigenvalue weighted by Gasteiger charge is 2.34. The van der Waals surface area contributed by atoms with Crippen LogP contribution in [0.5, 0.6) is 0 Å². The van der Waals surface area contributed by atoms with Crippen molar-refractivity contribution in [1.82, 2.24) is 4.90 Å². The Morgan fingerprint density at radius 1 is 1.43 bits per heavy atom. The van der Waals surface area contributed by atoms with Crippen molar-refractivity contribution in [3.8, 4) is 0 Å². The predicted octanol–water partition coefficient (Wildman–Crippen LogP) is 2.89. The van der Waals surface area contributed by atoms with Crippen molar-refractivity contribution in [2.24, 2.45) is 5.73 Å². The monoisotopic (exact) mass is 328 g/mol. The van der Waals surface area contributed by atoms with Gasteiger partial charge in [0.05, 0.1) is 6.04 Å². The first-order valence-electron chi connectivity index (χ1n) is 7.23. The van der Waals surface area contributed by atoms with Crippen LogP contribution in [0.3, 0.4) is 0 Å². The third-order valence-electron chi connectivity index (χ3n) is 4.08. The zero-order valence-electron chi connectivity index (χ0n) is 12.7. The summed E-state index contributed by atoms with van der Waals surface area (Å²) in [7, 11) is 0. The number of amides is 1. The summed E-state index contributed by atoms with van der Waals surface area (Å²) >= 11 is 1.74. The van der Waals surface area contributed by atoms with E-state index in [1.54, 1.807) is 11.8 Å². The van der Waals surface area contributed by atoms with E-state index < -0.39 is 0 Å². The Morgan fingerprint density at radius 3 is 2.71 bits per heavy atom. The summed E-state index contributed by atoms with van der Waals surface area (Å²) in [4.78, 5) is 14.4. The molecule has 2 unspecified atom stereocenters. The summed E-state index contributed by atoms with van der Waals surface area (Å²) in [6.07, 6.45) is 3.84. The van der Waals surface area contributed by atoms with Crippen molar-refractivity contribution in [3.63, 3.8) is 0 Å². The number of hydrogen-bond acceptors (Lipinski definition) is 3. The maximum atomic E-state index is 12.4. The Bertz CT molecular complexity index is 443. The lowest BCUT2D eigenvalue weighted by molar-refractivity contribution is -0.133. The van der Waals surface area contributed by atoms with Gasteiger partial charge in [0.2, 0.25) is 5.91 Å². The number of nitrogens with zero attached hydrogens (tertiary/aromatic N) is 1. The van der Waals surface area contributed by atoms with E-state index in [4.69, 9.17) is 5.73 Å². The minimum atomic E-state index is -0.348. The standard InChI is InChI=1S/C16H24N2OS.ClH/c1-12-10-14(13-6-4-3-5-7-13)11-18(12)16(19)15(17)8-9-20-2;/h3-7,12,14-15H,8-11,17H2,1-2H3;1H/t12?,14?,15-;/m0./s1. The summed E-state index contributed by atoms with van der Waals surface area (Å²) in [5.41, 5.74) is 7.35. The van der Waals surface area contributed by atoms with Crippen LogP contribution in [-0.2, 0) is 4.79 Å². The maximum Gasteiger partial charge on any atom is 0.239 e. The van der Waals surface area contributed by atoms with Gasteiger partial charge in [-0.2, -0.15) is 11.8 Å². The Hall–Kier alpha value is -0.710. The Kier molecular flexibility index (Phi) is 7.57. The van der Waals surface area contributed by atoms with Crippen LogP contribution in [0.1, 0.15) is 31.2 Å². The van der Waals surface area contributed by atoms with Crippen molar-refractivity contribution in [2.75, 3.05) is 18.6 Å². The molecule has 1 aliphatic rings. The molecule has 0 radical (unpaired) electrons. The van der Waals surface area contributed by atoms with Gasteiger partial charge in [-0.25, -0.2) is 0 Å². The third kappa shape index (κ3) is 4.63. The third-order valence-corrected chi connectivity index (χ3v) is 4.72. The molecule has 1 aromatic rings. The number of benzene rings is 1. The minimum absolute atomic E-state index is 0. The van der Waals surface area contributed by atoms with E-state index in [1.807, 2.05) is 17.2 Å². The van der Waals surface area contributed by atoms with Crippen LogP contribution in [-0.4, -0.2) is 41.4 Å². The number of likely N-dealkylation sites (tertiary alicyclic amines) is 1. The number of carbonyl (C=O) groups is 1. The van der Waals surface area contributed by atoms with Crippen molar-refractivity contribution in [2.45, 2.75) is 37.8 Å². The molecule has 118 valence electrons. The lowest BCUT2D eigenvalue weighted by Crippen LogP contribution is -2.45. The summed E-state index contributed by atoms with van der Waals surface area (Å²) in [5, 5.41) is 0. The van der Waals surface area contributed by atoms with Gasteiger partial charge in [0.25, 0.3) is 0 Å². The molecular weight excluding hydrogens is 304 g/mol. The van der Waals surface area contributed by atoms with Gasteiger partial charge in [-0.1, -0.05) is 30.3 Å². The van der Waals surface area contributed by atoms with Gasteiger partial charge in [-0.3, -0.25) is 4.79 Å². The van der Waals surface area contributed by atoms with Gasteiger partial charge < -0.3 is 10.6 Å². The molecule has 21 heavy (non-hydrogen) atoms. The fourth-order valence-electron chi connectivity index (χ4n) is 2.89. The molecule has 1 heterocycles. The van der Waals surface area contributed by atoms with E-state index in [1.165, 1.54) is 5.56 Å². The van der Waals surface area contributed by atoms with Crippen molar-refractivity contribution < 1.29 is 4.79 Å². The van der Waals surface area contributed by atoms with Crippen molar-refractivity contribution in [3.05, 3.63) is 35.9 Å². The molecule has 2 N–H and O–H groups in total. The number of hydrogen-bond donors (Lipinski definition) is 1. The number of nitrogens with two attached hydrogens (primary N) is 1. The second-order valence-electron chi connectivity index (χ2n) is 5.57. The van der Waals surface area contributed by atoms with Crippen LogP contribution >= 0.6 is 24.2 Å². The van der Waals surface area contributed by atoms with Crippen LogP contribution in [0.4, 0.5) is 0 Å². The van der Waals surface area contributed by atoms with Crippen molar-refractivity contribution in [1.29, 1.82) is 0 Å². The summed E-state index contributed by atoms with van der Waals surface area (Å²) < 4.78 is 0. The zero-order chi connectivity index (χ0) is 14.5. The molecule has 1 fully saturated rings. The van der Waals surface area contributed by atoms with Crippen LogP contribution < -0.4 is 5.73 Å². The SMILES string of the molecule is CSCC[C@H](N)C(=O)N1CC(c2ccccc2)CC1C.Cl. The van der Waals surface area contributed by atoms with Crippen molar-refractivity contribution >= 4 is 30.1 Å². The molecule has 1 saturated heterocycles. The molecule has 1 aliphatic heterocycles. The van der Waals surface area contributed by atoms with E-state index in [-0.39, 0.29) is 30.4 Å². The number of carbonyl (C=O) groups excluding carboxylic acids is 1. The molecule has 0 bridgehead atoms. The minimum Gasteiger partial charge on any atom is -0.338 e. The molecule has 0 aromatic heterocycles. The van der Waals surface area contributed by atoms with Gasteiger partial charge in [0.15, 0.2) is 0 Å². The first kappa shape index (κ1) is 18.3. The van der Waals surface area contributed by atoms with Crippen LogP contribution in [0, 0.1) is 0 Å². The van der Waals surface area contributed by atoms with Gasteiger partial charge in [0, 0.05) is 18.5 Å². The highest BCUT2D eigenvalue weighted by atomic mass is 35.5. The molecule has 1 amide bonds. The normalized spacial score (nSPS) is 22.7. The first-order valence-corrected chi connectivity index (χ1v) is 8.62. The average Bonchev–Trinajstić information content (AvgIpc) is 2.87. The average molecular weight is 329 g/mol. The fourth-order valence-corrected chi connectivity index (χ4v) is 3.38. The summed E-state index contributed by atoms with van der Waals surface area (Å²) in [6, 6.07) is 10.4. The second-order valence-corrected chi connectivity index (χ2v) is 6.56. The first-order chi connectivity index (χ1) is 9.63. The maximum absolute atomic E-state index is 12.4. The van der Waals surface area contributed by atoms with Gasteiger partial charge in [-0.15, -0.1) is 12.4 Å². The molecule has 0 aliphatic carbocycles. The smallest absolute Gasteiger partial charge is 0.239 e. The highest BCUT2D eigenvalue weighted by molar-refractivity contribution is 7.98. The Labute approximate surface area is 138 Å². The van der Waals surface area contributed by atoms with E-state index >= 15 is 0 Å². The Morgan fingerprint density at radius 2 is 2.10 bits per heavy atom. The lowest BCUT2D eigenvalue weighted by atomic mass is 9.97. The quantitative estimate of drug-likeness (QED) is 0.904. The van der Waals surface area contributed by atoms with E-state index in [0.717, 1.165) is 25.1 Å². The molecule has 0 saturated carbocycles. The van der Waals surface area contributed by atoms with E-state index in [2.05, 4.69) is 31.2 Å². The lowest BCUT2D eigenvalue weighted by Gasteiger charge is -2.25.